The summed E-state index contributed by atoms with van der Waals surface area (Å²) in [7, 11) is 0. The van der Waals surface area contributed by atoms with Gasteiger partial charge in [0, 0.05) is 5.71 Å². The van der Waals surface area contributed by atoms with E-state index >= 15 is 0 Å². The number of amides is 1. The number of hydrogen-bond acceptors (Lipinski definition) is 3. The fourth-order valence-electron chi connectivity index (χ4n) is 2.24. The Hall–Kier alpha value is -1.55. The Bertz CT molecular complexity index is 502. The Morgan fingerprint density at radius 2 is 2.30 bits per heavy atom. The van der Waals surface area contributed by atoms with Crippen molar-refractivity contribution in [2.75, 3.05) is 6.61 Å². The van der Waals surface area contributed by atoms with Crippen molar-refractivity contribution >= 4 is 23.2 Å². The molecular weight excluding hydrogens is 276 g/mol. The van der Waals surface area contributed by atoms with Crippen LogP contribution in [-0.2, 0) is 4.79 Å². The first kappa shape index (κ1) is 14.9. The van der Waals surface area contributed by atoms with Gasteiger partial charge in [-0.05, 0) is 43.7 Å². The summed E-state index contributed by atoms with van der Waals surface area (Å²) in [5.41, 5.74) is 3.61. The molecule has 0 saturated heterocycles. The van der Waals surface area contributed by atoms with Crippen molar-refractivity contribution < 1.29 is 9.53 Å². The molecule has 1 atom stereocenters. The van der Waals surface area contributed by atoms with Crippen LogP contribution >= 0.6 is 11.6 Å². The van der Waals surface area contributed by atoms with Crippen LogP contribution < -0.4 is 10.2 Å². The summed E-state index contributed by atoms with van der Waals surface area (Å²) in [6, 6.07) is 7.07. The van der Waals surface area contributed by atoms with E-state index in [0.29, 0.717) is 16.7 Å². The number of rotatable bonds is 4. The zero-order valence-electron chi connectivity index (χ0n) is 11.6. The monoisotopic (exact) mass is 294 g/mol. The molecule has 2 rings (SSSR count). The number of ether oxygens (including phenoxy) is 1. The summed E-state index contributed by atoms with van der Waals surface area (Å²) in [6.45, 7) is 2.12. The molecule has 0 radical (unpaired) electrons. The Morgan fingerprint density at radius 3 is 3.05 bits per heavy atom. The standard InChI is InChI=1S/C15H19ClN2O2/c1-11-5-4-6-12(9-11)17-18-15(19)10-20-14-8-3-2-7-13(14)16/h2-3,7-8,11H,4-6,9-10H2,1H3,(H,18,19)/b17-12-. The Balaban J connectivity index is 1.78. The fraction of sp³-hybridized carbons (Fsp3) is 0.467. The summed E-state index contributed by atoms with van der Waals surface area (Å²) in [4.78, 5) is 11.7. The molecule has 0 spiro atoms. The van der Waals surface area contributed by atoms with Gasteiger partial charge in [-0.25, -0.2) is 5.43 Å². The minimum absolute atomic E-state index is 0.0872. The molecule has 5 heteroatoms. The molecule has 108 valence electrons. The van der Waals surface area contributed by atoms with Crippen LogP contribution in [0.1, 0.15) is 32.6 Å². The molecule has 0 aromatic heterocycles. The van der Waals surface area contributed by atoms with Crippen molar-refractivity contribution in [1.29, 1.82) is 0 Å². The highest BCUT2D eigenvalue weighted by Crippen LogP contribution is 2.23. The summed E-state index contributed by atoms with van der Waals surface area (Å²) >= 11 is 5.94. The maximum atomic E-state index is 11.7. The van der Waals surface area contributed by atoms with E-state index in [-0.39, 0.29) is 12.5 Å². The second-order valence-electron chi connectivity index (χ2n) is 5.13. The van der Waals surface area contributed by atoms with Gasteiger partial charge in [0.25, 0.3) is 5.91 Å². The lowest BCUT2D eigenvalue weighted by Gasteiger charge is -2.18. The molecule has 0 aliphatic heterocycles. The van der Waals surface area contributed by atoms with Crippen molar-refractivity contribution in [3.8, 4) is 5.75 Å². The number of para-hydroxylation sites is 1. The lowest BCUT2D eigenvalue weighted by Crippen LogP contribution is -2.27. The molecule has 1 amide bonds. The molecule has 1 aromatic carbocycles. The third-order valence-corrected chi connectivity index (χ3v) is 3.59. The van der Waals surface area contributed by atoms with Crippen molar-refractivity contribution in [3.05, 3.63) is 29.3 Å². The van der Waals surface area contributed by atoms with E-state index in [1.807, 2.05) is 12.1 Å². The molecule has 1 aliphatic rings. The normalized spacial score (nSPS) is 20.7. The van der Waals surface area contributed by atoms with Crippen molar-refractivity contribution in [2.45, 2.75) is 32.6 Å². The molecule has 1 aliphatic carbocycles. The molecule has 1 saturated carbocycles. The van der Waals surface area contributed by atoms with Gasteiger partial charge in [0.15, 0.2) is 6.61 Å². The van der Waals surface area contributed by atoms with E-state index < -0.39 is 0 Å². The van der Waals surface area contributed by atoms with Gasteiger partial charge in [0.2, 0.25) is 0 Å². The predicted octanol–water partition coefficient (Wildman–Crippen LogP) is 3.40. The summed E-state index contributed by atoms with van der Waals surface area (Å²) in [5, 5.41) is 4.67. The maximum absolute atomic E-state index is 11.7. The number of hydrazone groups is 1. The lowest BCUT2D eigenvalue weighted by molar-refractivity contribution is -0.123. The first-order chi connectivity index (χ1) is 9.65. The largest absolute Gasteiger partial charge is 0.482 e. The summed E-state index contributed by atoms with van der Waals surface area (Å²) in [6.07, 6.45) is 4.32. The average Bonchev–Trinajstić information content (AvgIpc) is 2.44. The molecule has 0 heterocycles. The van der Waals surface area contributed by atoms with E-state index in [1.165, 1.54) is 6.42 Å². The number of carbonyl (C=O) groups is 1. The van der Waals surface area contributed by atoms with Gasteiger partial charge in [-0.3, -0.25) is 4.79 Å². The maximum Gasteiger partial charge on any atom is 0.277 e. The average molecular weight is 295 g/mol. The Labute approximate surface area is 124 Å². The zero-order chi connectivity index (χ0) is 14.4. The van der Waals surface area contributed by atoms with Crippen LogP contribution in [0.5, 0.6) is 5.75 Å². The highest BCUT2D eigenvalue weighted by molar-refractivity contribution is 6.32. The fourth-order valence-corrected chi connectivity index (χ4v) is 2.43. The molecule has 1 fully saturated rings. The van der Waals surface area contributed by atoms with Crippen LogP contribution in [0.2, 0.25) is 5.02 Å². The van der Waals surface area contributed by atoms with Crippen molar-refractivity contribution in [3.63, 3.8) is 0 Å². The number of benzene rings is 1. The molecular formula is C15H19ClN2O2. The van der Waals surface area contributed by atoms with E-state index in [4.69, 9.17) is 16.3 Å². The van der Waals surface area contributed by atoms with Crippen LogP contribution in [0.3, 0.4) is 0 Å². The third-order valence-electron chi connectivity index (χ3n) is 3.28. The minimum Gasteiger partial charge on any atom is -0.482 e. The Kier molecular flexibility index (Phi) is 5.41. The summed E-state index contributed by atoms with van der Waals surface area (Å²) < 4.78 is 5.35. The van der Waals surface area contributed by atoms with Crippen molar-refractivity contribution in [1.82, 2.24) is 5.43 Å². The van der Waals surface area contributed by atoms with E-state index in [0.717, 1.165) is 25.0 Å². The van der Waals surface area contributed by atoms with Gasteiger partial charge in [0.05, 0.1) is 5.02 Å². The molecule has 20 heavy (non-hydrogen) atoms. The topological polar surface area (TPSA) is 50.7 Å². The van der Waals surface area contributed by atoms with Gasteiger partial charge >= 0.3 is 0 Å². The van der Waals surface area contributed by atoms with Crippen LogP contribution in [0.25, 0.3) is 0 Å². The number of hydrogen-bond donors (Lipinski definition) is 1. The van der Waals surface area contributed by atoms with Gasteiger partial charge < -0.3 is 4.74 Å². The highest BCUT2D eigenvalue weighted by atomic mass is 35.5. The van der Waals surface area contributed by atoms with Crippen LogP contribution in [0, 0.1) is 5.92 Å². The molecule has 1 aromatic rings. The lowest BCUT2D eigenvalue weighted by atomic mass is 9.89. The highest BCUT2D eigenvalue weighted by Gasteiger charge is 2.14. The molecule has 1 unspecified atom stereocenters. The second kappa shape index (κ2) is 7.29. The first-order valence-corrected chi connectivity index (χ1v) is 7.24. The minimum atomic E-state index is -0.268. The quantitative estimate of drug-likeness (QED) is 0.865. The van der Waals surface area contributed by atoms with E-state index in [2.05, 4.69) is 17.5 Å². The van der Waals surface area contributed by atoms with Gasteiger partial charge in [-0.15, -0.1) is 0 Å². The number of nitrogens with zero attached hydrogens (tertiary/aromatic N) is 1. The molecule has 0 bridgehead atoms. The van der Waals surface area contributed by atoms with Gasteiger partial charge in [-0.2, -0.15) is 5.10 Å². The molecule has 4 nitrogen and oxygen atoms in total. The van der Waals surface area contributed by atoms with Gasteiger partial charge in [-0.1, -0.05) is 30.7 Å². The van der Waals surface area contributed by atoms with Crippen LogP contribution in [-0.4, -0.2) is 18.2 Å². The smallest absolute Gasteiger partial charge is 0.277 e. The second-order valence-corrected chi connectivity index (χ2v) is 5.54. The van der Waals surface area contributed by atoms with E-state index in [1.54, 1.807) is 12.1 Å². The van der Waals surface area contributed by atoms with Gasteiger partial charge in [0.1, 0.15) is 5.75 Å². The summed E-state index contributed by atoms with van der Waals surface area (Å²) in [5.74, 6) is 0.887. The predicted molar refractivity (Wildman–Crippen MR) is 80.2 cm³/mol. The number of nitrogens with one attached hydrogen (secondary N) is 1. The van der Waals surface area contributed by atoms with Crippen LogP contribution in [0.4, 0.5) is 0 Å². The third kappa shape index (κ3) is 4.53. The first-order valence-electron chi connectivity index (χ1n) is 6.86. The SMILES string of the molecule is CC1CCC/C(=N/NC(=O)COc2ccccc2Cl)C1. The Morgan fingerprint density at radius 1 is 1.50 bits per heavy atom. The molecule has 1 N–H and O–H groups in total. The number of halogens is 1. The number of carbonyl (C=O) groups excluding carboxylic acids is 1. The van der Waals surface area contributed by atoms with Crippen LogP contribution in [0.15, 0.2) is 29.4 Å². The van der Waals surface area contributed by atoms with Crippen molar-refractivity contribution in [2.24, 2.45) is 11.0 Å². The van der Waals surface area contributed by atoms with E-state index in [9.17, 15) is 4.79 Å². The zero-order valence-corrected chi connectivity index (χ0v) is 12.3.